The summed E-state index contributed by atoms with van der Waals surface area (Å²) in [6.07, 6.45) is 1.93. The third-order valence-electron chi connectivity index (χ3n) is 4.11. The maximum absolute atomic E-state index is 12.1. The number of thiophene rings is 1. The first-order chi connectivity index (χ1) is 11.6. The summed E-state index contributed by atoms with van der Waals surface area (Å²) in [5.74, 6) is 0.810. The molecular formula is C16H18N2O4S2. The molecular weight excluding hydrogens is 348 g/mol. The van der Waals surface area contributed by atoms with Crippen molar-refractivity contribution in [1.29, 1.82) is 0 Å². The first kappa shape index (κ1) is 17.0. The minimum atomic E-state index is -0.832. The third kappa shape index (κ3) is 4.18. The Balaban J connectivity index is 1.48. The van der Waals surface area contributed by atoms with Gasteiger partial charge in [0.15, 0.2) is 0 Å². The Kier molecular flexibility index (Phi) is 5.57. The molecule has 1 aliphatic heterocycles. The molecule has 2 heterocycles. The highest BCUT2D eigenvalue weighted by Crippen LogP contribution is 2.36. The summed E-state index contributed by atoms with van der Waals surface area (Å²) in [5.41, 5.74) is 0. The van der Waals surface area contributed by atoms with E-state index in [2.05, 4.69) is 35.2 Å². The molecule has 0 spiro atoms. The lowest BCUT2D eigenvalue weighted by Gasteiger charge is -2.31. The second kappa shape index (κ2) is 7.85. The summed E-state index contributed by atoms with van der Waals surface area (Å²) in [4.78, 5) is 29.6. The number of amides is 1. The number of hydrogen-bond donors (Lipinski definition) is 0. The van der Waals surface area contributed by atoms with E-state index in [4.69, 9.17) is 0 Å². The first-order valence-corrected chi connectivity index (χ1v) is 9.61. The van der Waals surface area contributed by atoms with Crippen LogP contribution in [0.4, 0.5) is 4.79 Å². The Morgan fingerprint density at radius 2 is 2.12 bits per heavy atom. The molecule has 0 bridgehead atoms. The van der Waals surface area contributed by atoms with Crippen molar-refractivity contribution in [2.75, 3.05) is 25.4 Å². The first-order valence-electron chi connectivity index (χ1n) is 7.81. The molecule has 8 heteroatoms. The number of benzene rings is 1. The third-order valence-corrected chi connectivity index (χ3v) is 6.26. The van der Waals surface area contributed by atoms with Crippen LogP contribution in [0.5, 0.6) is 0 Å². The zero-order chi connectivity index (χ0) is 16.9. The van der Waals surface area contributed by atoms with Gasteiger partial charge in [0.1, 0.15) is 6.61 Å². The van der Waals surface area contributed by atoms with Crippen LogP contribution in [-0.4, -0.2) is 40.7 Å². The van der Waals surface area contributed by atoms with E-state index in [0.29, 0.717) is 11.7 Å². The number of piperidine rings is 1. The normalized spacial score (nSPS) is 15.6. The predicted octanol–water partition coefficient (Wildman–Crippen LogP) is 4.14. The van der Waals surface area contributed by atoms with Gasteiger partial charge < -0.3 is 9.74 Å². The number of carbonyl (C=O) groups excluding carboxylic acids is 1. The molecule has 0 unspecified atom stereocenters. The molecule has 1 amide bonds. The molecule has 0 saturated carbocycles. The van der Waals surface area contributed by atoms with Crippen molar-refractivity contribution in [2.45, 2.75) is 18.8 Å². The second-order valence-corrected chi connectivity index (χ2v) is 7.78. The van der Waals surface area contributed by atoms with Gasteiger partial charge in [-0.05, 0) is 36.3 Å². The van der Waals surface area contributed by atoms with Gasteiger partial charge in [0, 0.05) is 28.4 Å². The molecule has 1 saturated heterocycles. The Bertz CT molecular complexity index is 693. The van der Waals surface area contributed by atoms with E-state index in [9.17, 15) is 14.9 Å². The van der Waals surface area contributed by atoms with Crippen molar-refractivity contribution in [1.82, 2.24) is 4.90 Å². The van der Waals surface area contributed by atoms with Crippen LogP contribution in [-0.2, 0) is 4.84 Å². The molecule has 24 heavy (non-hydrogen) atoms. The van der Waals surface area contributed by atoms with Crippen molar-refractivity contribution in [3.63, 3.8) is 0 Å². The lowest BCUT2D eigenvalue weighted by molar-refractivity contribution is -0.756. The second-order valence-electron chi connectivity index (χ2n) is 5.62. The highest BCUT2D eigenvalue weighted by atomic mass is 32.2. The topological polar surface area (TPSA) is 72.7 Å². The minimum Gasteiger partial charge on any atom is -0.334 e. The molecule has 3 rings (SSSR count). The van der Waals surface area contributed by atoms with E-state index in [0.717, 1.165) is 37.7 Å². The fraction of sp³-hybridized carbons (Fsp3) is 0.438. The number of nitrogens with zero attached hydrogens (tertiary/aromatic N) is 2. The zero-order valence-corrected chi connectivity index (χ0v) is 14.7. The monoisotopic (exact) mass is 366 g/mol. The number of fused-ring (bicyclic) bond motifs is 1. The quantitative estimate of drug-likeness (QED) is 0.452. The van der Waals surface area contributed by atoms with Crippen molar-refractivity contribution < 1.29 is 14.7 Å². The van der Waals surface area contributed by atoms with Crippen LogP contribution >= 0.6 is 23.1 Å². The van der Waals surface area contributed by atoms with E-state index in [1.807, 2.05) is 16.2 Å². The largest absolute Gasteiger partial charge is 0.334 e. The molecule has 128 valence electrons. The smallest absolute Gasteiger partial charge is 0.294 e. The van der Waals surface area contributed by atoms with Crippen LogP contribution in [0.1, 0.15) is 23.6 Å². The summed E-state index contributed by atoms with van der Waals surface area (Å²) in [5, 5.41) is 10.5. The van der Waals surface area contributed by atoms with E-state index < -0.39 is 5.09 Å². The van der Waals surface area contributed by atoms with Crippen LogP contribution in [0.15, 0.2) is 30.3 Å². The molecule has 2 aromatic rings. The van der Waals surface area contributed by atoms with Crippen molar-refractivity contribution in [2.24, 2.45) is 0 Å². The van der Waals surface area contributed by atoms with Gasteiger partial charge in [0.2, 0.25) is 0 Å². The van der Waals surface area contributed by atoms with Crippen LogP contribution in [0, 0.1) is 10.1 Å². The average molecular weight is 366 g/mol. The van der Waals surface area contributed by atoms with Crippen LogP contribution in [0.25, 0.3) is 10.1 Å². The van der Waals surface area contributed by atoms with Crippen LogP contribution in [0.2, 0.25) is 0 Å². The highest BCUT2D eigenvalue weighted by Gasteiger charge is 2.25. The van der Waals surface area contributed by atoms with Gasteiger partial charge in [0.25, 0.3) is 10.3 Å². The van der Waals surface area contributed by atoms with Gasteiger partial charge in [-0.25, -0.2) is 0 Å². The molecule has 0 aliphatic carbocycles. The summed E-state index contributed by atoms with van der Waals surface area (Å²) >= 11 is 2.93. The molecule has 6 nitrogen and oxygen atoms in total. The minimum absolute atomic E-state index is 0.0169. The standard InChI is InChI=1S/C16H18N2O4S2/c19-16(23-10-9-22-18(20)21)17-7-5-12(6-8-17)15-11-13-3-1-2-4-14(13)24-15/h1-4,11-12H,5-10H2. The van der Waals surface area contributed by atoms with Gasteiger partial charge >= 0.3 is 0 Å². The Hall–Kier alpha value is -1.80. The molecule has 0 N–H and O–H groups in total. The van der Waals surface area contributed by atoms with Crippen molar-refractivity contribution in [3.8, 4) is 0 Å². The Morgan fingerprint density at radius 1 is 1.38 bits per heavy atom. The maximum atomic E-state index is 12.1. The predicted molar refractivity (Wildman–Crippen MR) is 96.2 cm³/mol. The van der Waals surface area contributed by atoms with Gasteiger partial charge in [-0.2, -0.15) is 0 Å². The van der Waals surface area contributed by atoms with E-state index in [-0.39, 0.29) is 11.8 Å². The lowest BCUT2D eigenvalue weighted by atomic mass is 9.95. The highest BCUT2D eigenvalue weighted by molar-refractivity contribution is 8.13. The van der Waals surface area contributed by atoms with Crippen LogP contribution in [0.3, 0.4) is 0 Å². The summed E-state index contributed by atoms with van der Waals surface area (Å²) in [7, 11) is 0. The van der Waals surface area contributed by atoms with Crippen molar-refractivity contribution in [3.05, 3.63) is 45.3 Å². The zero-order valence-electron chi connectivity index (χ0n) is 13.1. The van der Waals surface area contributed by atoms with Crippen LogP contribution < -0.4 is 0 Å². The molecule has 0 atom stereocenters. The number of rotatable bonds is 5. The van der Waals surface area contributed by atoms with E-state index in [1.165, 1.54) is 15.0 Å². The number of carbonyl (C=O) groups is 1. The Labute approximate surface area is 147 Å². The number of likely N-dealkylation sites (tertiary alicyclic amines) is 1. The fourth-order valence-electron chi connectivity index (χ4n) is 2.88. The number of hydrogen-bond acceptors (Lipinski definition) is 6. The molecule has 1 aliphatic rings. The summed E-state index contributed by atoms with van der Waals surface area (Å²) in [6.45, 7) is 1.42. The SMILES string of the molecule is O=C(SCCO[N+](=O)[O-])N1CCC(c2cc3ccccc3s2)CC1. The van der Waals surface area contributed by atoms with Gasteiger partial charge in [0.05, 0.1) is 0 Å². The molecule has 0 radical (unpaired) electrons. The average Bonchev–Trinajstić information content (AvgIpc) is 3.02. The van der Waals surface area contributed by atoms with E-state index in [1.54, 1.807) is 0 Å². The fourth-order valence-corrected chi connectivity index (χ4v) is 4.81. The molecule has 1 aromatic heterocycles. The summed E-state index contributed by atoms with van der Waals surface area (Å²) in [6, 6.07) is 10.7. The maximum Gasteiger partial charge on any atom is 0.294 e. The van der Waals surface area contributed by atoms with E-state index >= 15 is 0 Å². The van der Waals surface area contributed by atoms with Gasteiger partial charge in [-0.3, -0.25) is 4.79 Å². The van der Waals surface area contributed by atoms with Gasteiger partial charge in [-0.1, -0.05) is 30.0 Å². The molecule has 1 aromatic carbocycles. The lowest BCUT2D eigenvalue weighted by Crippen LogP contribution is -2.35. The Morgan fingerprint density at radius 3 is 2.83 bits per heavy atom. The van der Waals surface area contributed by atoms with Crippen molar-refractivity contribution >= 4 is 38.4 Å². The molecule has 1 fully saturated rings. The number of thioether (sulfide) groups is 1. The summed E-state index contributed by atoms with van der Waals surface area (Å²) < 4.78 is 1.31. The van der Waals surface area contributed by atoms with Gasteiger partial charge in [-0.15, -0.1) is 21.5 Å².